The van der Waals surface area contributed by atoms with E-state index >= 15 is 0 Å². The average Bonchev–Trinajstić information content (AvgIpc) is 2.38. The van der Waals surface area contributed by atoms with Crippen molar-refractivity contribution in [3.63, 3.8) is 0 Å². The fourth-order valence-electron chi connectivity index (χ4n) is 1.88. The summed E-state index contributed by atoms with van der Waals surface area (Å²) in [5.74, 6) is 0.128. The molecule has 3 N–H and O–H groups in total. The smallest absolute Gasteiger partial charge is 0.251 e. The summed E-state index contributed by atoms with van der Waals surface area (Å²) in [6.07, 6.45) is 3.07. The predicted molar refractivity (Wildman–Crippen MR) is 80.4 cm³/mol. The Bertz CT molecular complexity index is 578. The second-order valence-electron chi connectivity index (χ2n) is 4.96. The Balaban J connectivity index is 2.91. The first-order valence-corrected chi connectivity index (χ1v) is 8.55. The normalized spacial score (nSPS) is 11.6. The van der Waals surface area contributed by atoms with Crippen LogP contribution in [0.1, 0.15) is 37.0 Å². The van der Waals surface area contributed by atoms with Crippen LogP contribution in [-0.2, 0) is 9.84 Å². The van der Waals surface area contributed by atoms with Crippen LogP contribution in [0, 0.1) is 5.92 Å². The van der Waals surface area contributed by atoms with E-state index in [0.29, 0.717) is 12.5 Å². The molecule has 0 aromatic heterocycles. The molecule has 1 aromatic rings. The zero-order valence-corrected chi connectivity index (χ0v) is 13.0. The van der Waals surface area contributed by atoms with Gasteiger partial charge in [0.05, 0.1) is 4.90 Å². The maximum atomic E-state index is 12.1. The van der Waals surface area contributed by atoms with Crippen LogP contribution in [0.25, 0.3) is 0 Å². The average molecular weight is 298 g/mol. The standard InChI is InChI=1S/C14H22N2O3S/c1-4-10(5-2)9-16-14(17)11-6-12(15)8-13(7-11)20(3,18)19/h6-8,10H,4-5,9,15H2,1-3H3,(H,16,17). The number of carbonyl (C=O) groups is 1. The summed E-state index contributed by atoms with van der Waals surface area (Å²) < 4.78 is 23.1. The molecule has 0 aliphatic rings. The lowest BCUT2D eigenvalue weighted by atomic mass is 10.0. The van der Waals surface area contributed by atoms with Gasteiger partial charge in [0.25, 0.3) is 5.91 Å². The van der Waals surface area contributed by atoms with Gasteiger partial charge in [0.2, 0.25) is 0 Å². The topological polar surface area (TPSA) is 89.3 Å². The molecule has 0 fully saturated rings. The molecule has 0 saturated carbocycles. The van der Waals surface area contributed by atoms with Crippen LogP contribution in [0.2, 0.25) is 0 Å². The van der Waals surface area contributed by atoms with Crippen LogP contribution in [0.5, 0.6) is 0 Å². The molecule has 6 heteroatoms. The summed E-state index contributed by atoms with van der Waals surface area (Å²) in [7, 11) is -3.38. The van der Waals surface area contributed by atoms with Crippen LogP contribution in [0.4, 0.5) is 5.69 Å². The minimum atomic E-state index is -3.38. The third-order valence-corrected chi connectivity index (χ3v) is 4.42. The number of carbonyl (C=O) groups excluding carboxylic acids is 1. The number of hydrogen-bond acceptors (Lipinski definition) is 4. The highest BCUT2D eigenvalue weighted by molar-refractivity contribution is 7.90. The molecule has 1 aromatic carbocycles. The van der Waals surface area contributed by atoms with Crippen molar-refractivity contribution in [1.82, 2.24) is 5.32 Å². The maximum Gasteiger partial charge on any atom is 0.251 e. The van der Waals surface area contributed by atoms with Crippen molar-refractivity contribution in [2.75, 3.05) is 18.5 Å². The Morgan fingerprint density at radius 3 is 2.35 bits per heavy atom. The second-order valence-corrected chi connectivity index (χ2v) is 6.97. The fourth-order valence-corrected chi connectivity index (χ4v) is 2.57. The number of nitrogens with one attached hydrogen (secondary N) is 1. The van der Waals surface area contributed by atoms with E-state index in [9.17, 15) is 13.2 Å². The number of amides is 1. The molecule has 0 spiro atoms. The van der Waals surface area contributed by atoms with Gasteiger partial charge >= 0.3 is 0 Å². The number of hydrogen-bond donors (Lipinski definition) is 2. The lowest BCUT2D eigenvalue weighted by Crippen LogP contribution is -2.29. The third kappa shape index (κ3) is 4.52. The Kier molecular flexibility index (Phi) is 5.56. The summed E-state index contributed by atoms with van der Waals surface area (Å²) in [5, 5.41) is 2.82. The van der Waals surface area contributed by atoms with Crippen molar-refractivity contribution in [3.05, 3.63) is 23.8 Å². The summed E-state index contributed by atoms with van der Waals surface area (Å²) >= 11 is 0. The minimum absolute atomic E-state index is 0.0604. The minimum Gasteiger partial charge on any atom is -0.399 e. The highest BCUT2D eigenvalue weighted by Crippen LogP contribution is 2.17. The number of nitrogen functional groups attached to an aromatic ring is 1. The molecule has 0 bridgehead atoms. The largest absolute Gasteiger partial charge is 0.399 e. The van der Waals surface area contributed by atoms with Crippen LogP contribution >= 0.6 is 0 Å². The lowest BCUT2D eigenvalue weighted by molar-refractivity contribution is 0.0946. The number of anilines is 1. The molecule has 0 radical (unpaired) electrons. The molecule has 0 heterocycles. The molecule has 0 saturated heterocycles. The van der Waals surface area contributed by atoms with Crippen molar-refractivity contribution in [2.45, 2.75) is 31.6 Å². The van der Waals surface area contributed by atoms with E-state index in [1.165, 1.54) is 18.2 Å². The second kappa shape index (κ2) is 6.74. The quantitative estimate of drug-likeness (QED) is 0.784. The maximum absolute atomic E-state index is 12.1. The Morgan fingerprint density at radius 2 is 1.85 bits per heavy atom. The number of rotatable bonds is 6. The molecule has 1 rings (SSSR count). The molecular weight excluding hydrogens is 276 g/mol. The van der Waals surface area contributed by atoms with Crippen molar-refractivity contribution in [2.24, 2.45) is 5.92 Å². The SMILES string of the molecule is CCC(CC)CNC(=O)c1cc(N)cc(S(C)(=O)=O)c1. The Labute approximate surface area is 120 Å². The van der Waals surface area contributed by atoms with Crippen LogP contribution in [-0.4, -0.2) is 27.1 Å². The van der Waals surface area contributed by atoms with Gasteiger partial charge in [-0.15, -0.1) is 0 Å². The Hall–Kier alpha value is -1.56. The van der Waals surface area contributed by atoms with Crippen LogP contribution in [0.15, 0.2) is 23.1 Å². The lowest BCUT2D eigenvalue weighted by Gasteiger charge is -2.13. The van der Waals surface area contributed by atoms with Crippen LogP contribution < -0.4 is 11.1 Å². The summed E-state index contributed by atoms with van der Waals surface area (Å²) in [5.41, 5.74) is 6.20. The molecular formula is C14H22N2O3S. The van der Waals surface area contributed by atoms with E-state index in [2.05, 4.69) is 19.2 Å². The third-order valence-electron chi connectivity index (χ3n) is 3.33. The molecule has 20 heavy (non-hydrogen) atoms. The zero-order valence-electron chi connectivity index (χ0n) is 12.1. The van der Waals surface area contributed by atoms with Gasteiger partial charge in [0.15, 0.2) is 9.84 Å². The molecule has 0 unspecified atom stereocenters. The van der Waals surface area contributed by atoms with Crippen molar-refractivity contribution in [3.8, 4) is 0 Å². The zero-order chi connectivity index (χ0) is 15.3. The van der Waals surface area contributed by atoms with E-state index in [1.54, 1.807) is 0 Å². The van der Waals surface area contributed by atoms with E-state index in [-0.39, 0.29) is 22.1 Å². The van der Waals surface area contributed by atoms with Crippen molar-refractivity contribution >= 4 is 21.4 Å². The van der Waals surface area contributed by atoms with Gasteiger partial charge in [-0.2, -0.15) is 0 Å². The van der Waals surface area contributed by atoms with E-state index < -0.39 is 9.84 Å². The summed E-state index contributed by atoms with van der Waals surface area (Å²) in [6, 6.07) is 4.19. The molecule has 0 aliphatic heterocycles. The van der Waals surface area contributed by atoms with Gasteiger partial charge < -0.3 is 11.1 Å². The van der Waals surface area contributed by atoms with E-state index in [4.69, 9.17) is 5.73 Å². The van der Waals surface area contributed by atoms with E-state index in [1.807, 2.05) is 0 Å². The number of nitrogens with two attached hydrogens (primary N) is 1. The molecule has 112 valence electrons. The molecule has 0 aliphatic carbocycles. The van der Waals surface area contributed by atoms with Gasteiger partial charge in [-0.25, -0.2) is 8.42 Å². The highest BCUT2D eigenvalue weighted by atomic mass is 32.2. The van der Waals surface area contributed by atoms with Crippen molar-refractivity contribution in [1.29, 1.82) is 0 Å². The van der Waals surface area contributed by atoms with Gasteiger partial charge in [0, 0.05) is 24.1 Å². The number of benzene rings is 1. The predicted octanol–water partition coefficient (Wildman–Crippen LogP) is 1.84. The summed E-state index contributed by atoms with van der Waals surface area (Å²) in [4.78, 5) is 12.1. The van der Waals surface area contributed by atoms with Gasteiger partial charge in [-0.1, -0.05) is 26.7 Å². The van der Waals surface area contributed by atoms with Crippen molar-refractivity contribution < 1.29 is 13.2 Å². The van der Waals surface area contributed by atoms with Gasteiger partial charge in [0.1, 0.15) is 0 Å². The molecule has 5 nitrogen and oxygen atoms in total. The molecule has 0 atom stereocenters. The highest BCUT2D eigenvalue weighted by Gasteiger charge is 2.14. The first-order valence-electron chi connectivity index (χ1n) is 6.66. The Morgan fingerprint density at radius 1 is 1.25 bits per heavy atom. The van der Waals surface area contributed by atoms with Crippen LogP contribution in [0.3, 0.4) is 0 Å². The fraction of sp³-hybridized carbons (Fsp3) is 0.500. The first kappa shape index (κ1) is 16.5. The monoisotopic (exact) mass is 298 g/mol. The summed E-state index contributed by atoms with van der Waals surface area (Å²) in [6.45, 7) is 4.72. The first-order chi connectivity index (χ1) is 9.27. The number of sulfone groups is 1. The van der Waals surface area contributed by atoms with Gasteiger partial charge in [-0.3, -0.25) is 4.79 Å². The van der Waals surface area contributed by atoms with E-state index in [0.717, 1.165) is 19.1 Å². The molecule has 1 amide bonds. The van der Waals surface area contributed by atoms with Gasteiger partial charge in [-0.05, 0) is 24.1 Å².